The highest BCUT2D eigenvalue weighted by Gasteiger charge is 2.30. The molecule has 0 aliphatic carbocycles. The predicted molar refractivity (Wildman–Crippen MR) is 151 cm³/mol. The standard InChI is InChI=1S/C25H35N7O4SSi/c1-38(2)14-10-31(11-15-38)22-16-20(30-37(35,36)13-12-33)5-6-21(22)24(34)28-23-7-8-27-25(29-23)32-9-3-4-19(17-26)18-32/h5-8,16,19,30,33H,3-4,9-15,18H2,1-2H3,(H,27,28,29,34). The monoisotopic (exact) mass is 557 g/mol. The average molecular weight is 558 g/mol. The van der Waals surface area contributed by atoms with Crippen molar-refractivity contribution in [1.82, 2.24) is 9.97 Å². The van der Waals surface area contributed by atoms with Crippen molar-refractivity contribution in [3.63, 3.8) is 0 Å². The summed E-state index contributed by atoms with van der Waals surface area (Å²) in [5, 5.41) is 21.2. The van der Waals surface area contributed by atoms with Crippen LogP contribution < -0.4 is 19.8 Å². The number of nitrogens with zero attached hydrogens (tertiary/aromatic N) is 5. The number of sulfonamides is 1. The van der Waals surface area contributed by atoms with E-state index >= 15 is 0 Å². The molecule has 0 saturated carbocycles. The van der Waals surface area contributed by atoms with Gasteiger partial charge < -0.3 is 20.2 Å². The molecular formula is C25H35N7O4SSi. The topological polar surface area (TPSA) is 152 Å². The molecule has 2 aromatic rings. The highest BCUT2D eigenvalue weighted by Crippen LogP contribution is 2.32. The summed E-state index contributed by atoms with van der Waals surface area (Å²) in [6.07, 6.45) is 3.32. The van der Waals surface area contributed by atoms with E-state index < -0.39 is 30.5 Å². The summed E-state index contributed by atoms with van der Waals surface area (Å²) in [7, 11) is -5.00. The van der Waals surface area contributed by atoms with Crippen molar-refractivity contribution in [2.45, 2.75) is 38.0 Å². The van der Waals surface area contributed by atoms with Crippen molar-refractivity contribution >= 4 is 47.1 Å². The lowest BCUT2D eigenvalue weighted by Gasteiger charge is -2.38. The van der Waals surface area contributed by atoms with Gasteiger partial charge in [0.05, 0.1) is 49.4 Å². The second-order valence-electron chi connectivity index (χ2n) is 10.6. The molecule has 2 aliphatic heterocycles. The minimum atomic E-state index is -3.71. The number of nitrogens with one attached hydrogen (secondary N) is 2. The Balaban J connectivity index is 1.58. The molecule has 3 heterocycles. The van der Waals surface area contributed by atoms with Gasteiger partial charge >= 0.3 is 0 Å². The molecule has 38 heavy (non-hydrogen) atoms. The molecule has 0 radical (unpaired) electrons. The average Bonchev–Trinajstić information content (AvgIpc) is 2.88. The van der Waals surface area contributed by atoms with Crippen LogP contribution in [0.3, 0.4) is 0 Å². The Bertz CT molecular complexity index is 1310. The van der Waals surface area contributed by atoms with Crippen molar-refractivity contribution in [2.24, 2.45) is 5.92 Å². The van der Waals surface area contributed by atoms with Crippen molar-refractivity contribution in [2.75, 3.05) is 58.4 Å². The maximum atomic E-state index is 13.5. The number of aliphatic hydroxyl groups excluding tert-OH is 1. The van der Waals surface area contributed by atoms with Crippen LogP contribution in [0.4, 0.5) is 23.1 Å². The van der Waals surface area contributed by atoms with Gasteiger partial charge in [-0.05, 0) is 49.2 Å². The van der Waals surface area contributed by atoms with Gasteiger partial charge in [-0.3, -0.25) is 9.52 Å². The zero-order valence-corrected chi connectivity index (χ0v) is 23.7. The Morgan fingerprint density at radius 3 is 2.68 bits per heavy atom. The predicted octanol–water partition coefficient (Wildman–Crippen LogP) is 2.73. The van der Waals surface area contributed by atoms with Crippen molar-refractivity contribution in [3.05, 3.63) is 36.0 Å². The SMILES string of the molecule is C[Si]1(C)CCN(c2cc(NS(=O)(=O)CCO)ccc2C(=O)Nc2ccnc(N3CCCC(C#N)C3)n2)CC1. The summed E-state index contributed by atoms with van der Waals surface area (Å²) in [5.74, 6) is -0.00940. The maximum Gasteiger partial charge on any atom is 0.258 e. The minimum Gasteiger partial charge on any atom is -0.395 e. The van der Waals surface area contributed by atoms with Crippen LogP contribution in [0, 0.1) is 17.2 Å². The molecule has 1 aromatic heterocycles. The summed E-state index contributed by atoms with van der Waals surface area (Å²) < 4.78 is 27.0. The normalized spacial score (nSPS) is 19.5. The summed E-state index contributed by atoms with van der Waals surface area (Å²) in [6, 6.07) is 10.9. The Kier molecular flexibility index (Phi) is 8.54. The number of carbonyl (C=O) groups is 1. The number of anilines is 4. The first-order valence-corrected chi connectivity index (χ1v) is 18.0. The maximum absolute atomic E-state index is 13.5. The second-order valence-corrected chi connectivity index (χ2v) is 17.8. The number of benzene rings is 1. The third kappa shape index (κ3) is 7.00. The molecule has 2 aliphatic rings. The van der Waals surface area contributed by atoms with Gasteiger partial charge in [-0.1, -0.05) is 13.1 Å². The first-order chi connectivity index (χ1) is 18.1. The summed E-state index contributed by atoms with van der Waals surface area (Å²) in [6.45, 7) is 7.11. The third-order valence-electron chi connectivity index (χ3n) is 7.10. The van der Waals surface area contributed by atoms with Gasteiger partial charge in [0.1, 0.15) is 5.82 Å². The van der Waals surface area contributed by atoms with E-state index in [2.05, 4.69) is 44.1 Å². The highest BCUT2D eigenvalue weighted by molar-refractivity contribution is 7.92. The fourth-order valence-electron chi connectivity index (χ4n) is 4.77. The minimum absolute atomic E-state index is 0.0703. The summed E-state index contributed by atoms with van der Waals surface area (Å²) >= 11 is 0. The quantitative estimate of drug-likeness (QED) is 0.416. The van der Waals surface area contributed by atoms with Gasteiger partial charge in [0.2, 0.25) is 16.0 Å². The van der Waals surface area contributed by atoms with Gasteiger partial charge in [-0.2, -0.15) is 10.2 Å². The number of hydrogen-bond acceptors (Lipinski definition) is 9. The molecule has 1 atom stereocenters. The first kappa shape index (κ1) is 27.8. The van der Waals surface area contributed by atoms with Crippen LogP contribution in [0.2, 0.25) is 25.2 Å². The molecule has 4 rings (SSSR count). The largest absolute Gasteiger partial charge is 0.395 e. The van der Waals surface area contributed by atoms with Gasteiger partial charge in [0.15, 0.2) is 0 Å². The van der Waals surface area contributed by atoms with E-state index in [0.29, 0.717) is 35.2 Å². The molecule has 0 spiro atoms. The van der Waals surface area contributed by atoms with E-state index in [1.807, 2.05) is 4.90 Å². The van der Waals surface area contributed by atoms with Crippen molar-refractivity contribution in [3.8, 4) is 6.07 Å². The number of carbonyl (C=O) groups excluding carboxylic acids is 1. The molecule has 0 bridgehead atoms. The van der Waals surface area contributed by atoms with Gasteiger partial charge in [-0.25, -0.2) is 13.4 Å². The van der Waals surface area contributed by atoms with E-state index in [4.69, 9.17) is 5.11 Å². The lowest BCUT2D eigenvalue weighted by Crippen LogP contribution is -2.43. The zero-order valence-electron chi connectivity index (χ0n) is 21.9. The molecule has 1 unspecified atom stereocenters. The zero-order chi connectivity index (χ0) is 27.3. The number of rotatable bonds is 8. The van der Waals surface area contributed by atoms with Crippen molar-refractivity contribution < 1.29 is 18.3 Å². The fourth-order valence-corrected chi connectivity index (χ4v) is 7.60. The van der Waals surface area contributed by atoms with Crippen molar-refractivity contribution in [1.29, 1.82) is 5.26 Å². The van der Waals surface area contributed by atoms with Gasteiger partial charge in [0.25, 0.3) is 5.91 Å². The van der Waals surface area contributed by atoms with Gasteiger partial charge in [-0.15, -0.1) is 0 Å². The lowest BCUT2D eigenvalue weighted by molar-refractivity contribution is 0.102. The van der Waals surface area contributed by atoms with E-state index in [1.54, 1.807) is 30.5 Å². The van der Waals surface area contributed by atoms with Crippen LogP contribution in [-0.2, 0) is 10.0 Å². The molecule has 3 N–H and O–H groups in total. The van der Waals surface area contributed by atoms with Crippen LogP contribution in [-0.4, -0.2) is 76.0 Å². The Morgan fingerprint density at radius 1 is 1.21 bits per heavy atom. The fraction of sp³-hybridized carbons (Fsp3) is 0.520. The molecular weight excluding hydrogens is 522 g/mol. The molecule has 2 saturated heterocycles. The van der Waals surface area contributed by atoms with Gasteiger partial charge in [0, 0.05) is 32.4 Å². The molecule has 2 fully saturated rings. The number of piperidine rings is 1. The molecule has 1 amide bonds. The van der Waals surface area contributed by atoms with E-state index in [0.717, 1.165) is 44.6 Å². The molecule has 1 aromatic carbocycles. The number of aromatic nitrogens is 2. The Labute approximate surface area is 224 Å². The number of nitriles is 1. The van der Waals surface area contributed by atoms with Crippen LogP contribution in [0.25, 0.3) is 0 Å². The summed E-state index contributed by atoms with van der Waals surface area (Å²) in [5.41, 5.74) is 1.41. The van der Waals surface area contributed by atoms with Crippen LogP contribution >= 0.6 is 0 Å². The van der Waals surface area contributed by atoms with E-state index in [1.165, 1.54) is 0 Å². The molecule has 204 valence electrons. The smallest absolute Gasteiger partial charge is 0.258 e. The molecule has 11 nitrogen and oxygen atoms in total. The first-order valence-electron chi connectivity index (χ1n) is 12.9. The summed E-state index contributed by atoms with van der Waals surface area (Å²) in [4.78, 5) is 26.4. The van der Waals surface area contributed by atoms with E-state index in [-0.39, 0.29) is 11.8 Å². The third-order valence-corrected chi connectivity index (χ3v) is 11.5. The Hall–Kier alpha value is -3.21. The number of amides is 1. The van der Waals surface area contributed by atoms with E-state index in [9.17, 15) is 18.5 Å². The van der Waals surface area contributed by atoms with Crippen LogP contribution in [0.1, 0.15) is 23.2 Å². The number of aliphatic hydroxyl groups is 1. The second kappa shape index (κ2) is 11.7. The number of hydrogen-bond donors (Lipinski definition) is 3. The lowest BCUT2D eigenvalue weighted by atomic mass is 10.0. The Morgan fingerprint density at radius 2 is 1.97 bits per heavy atom. The highest BCUT2D eigenvalue weighted by atomic mass is 32.2. The van der Waals surface area contributed by atoms with Crippen LogP contribution in [0.5, 0.6) is 0 Å². The van der Waals surface area contributed by atoms with Crippen LogP contribution in [0.15, 0.2) is 30.5 Å². The molecule has 13 heteroatoms.